The number of benzene rings is 2. The van der Waals surface area contributed by atoms with Gasteiger partial charge < -0.3 is 20.7 Å². The van der Waals surface area contributed by atoms with Gasteiger partial charge in [-0.25, -0.2) is 0 Å². The van der Waals surface area contributed by atoms with Crippen molar-refractivity contribution in [2.45, 2.75) is 33.4 Å². The first-order valence-corrected chi connectivity index (χ1v) is 9.37. The van der Waals surface area contributed by atoms with Crippen molar-refractivity contribution >= 4 is 28.9 Å². The van der Waals surface area contributed by atoms with Crippen molar-refractivity contribution in [1.82, 2.24) is 10.6 Å². The Morgan fingerprint density at radius 3 is 2.41 bits per heavy atom. The first kappa shape index (κ1) is 20.7. The molecule has 1 heterocycles. The van der Waals surface area contributed by atoms with Gasteiger partial charge in [-0.2, -0.15) is 8.78 Å². The predicted octanol–water partition coefficient (Wildman–Crippen LogP) is 4.34. The highest BCUT2D eigenvalue weighted by molar-refractivity contribution is 7.80. The molecule has 0 bridgehead atoms. The topological polar surface area (TPSA) is 62.4 Å². The zero-order chi connectivity index (χ0) is 21.1. The quantitative estimate of drug-likeness (QED) is 0.632. The highest BCUT2D eigenvalue weighted by Gasteiger charge is 2.30. The zero-order valence-corrected chi connectivity index (χ0v) is 17.0. The molecule has 152 valence electrons. The Morgan fingerprint density at radius 2 is 1.79 bits per heavy atom. The van der Waals surface area contributed by atoms with E-state index >= 15 is 0 Å². The summed E-state index contributed by atoms with van der Waals surface area (Å²) in [6, 6.07) is 11.3. The van der Waals surface area contributed by atoms with Crippen LogP contribution in [0.1, 0.15) is 29.7 Å². The third-order valence-corrected chi connectivity index (χ3v) is 4.94. The van der Waals surface area contributed by atoms with Crippen LogP contribution < -0.4 is 20.7 Å². The number of amides is 1. The molecule has 1 atom stereocenters. The normalized spacial score (nSPS) is 16.3. The summed E-state index contributed by atoms with van der Waals surface area (Å²) >= 11 is 5.23. The number of aryl methyl sites for hydroxylation is 2. The number of anilines is 1. The third-order valence-electron chi connectivity index (χ3n) is 4.72. The second-order valence-electron chi connectivity index (χ2n) is 6.77. The summed E-state index contributed by atoms with van der Waals surface area (Å²) in [5.74, 6) is -0.242. The number of alkyl halides is 2. The van der Waals surface area contributed by atoms with Gasteiger partial charge in [0.05, 0.1) is 11.6 Å². The lowest BCUT2D eigenvalue weighted by atomic mass is 9.94. The van der Waals surface area contributed by atoms with Crippen molar-refractivity contribution in [3.8, 4) is 5.75 Å². The molecule has 1 aliphatic rings. The van der Waals surface area contributed by atoms with Gasteiger partial charge in [0.2, 0.25) is 0 Å². The van der Waals surface area contributed by atoms with E-state index in [0.29, 0.717) is 27.6 Å². The predicted molar refractivity (Wildman–Crippen MR) is 112 cm³/mol. The molecule has 1 aliphatic heterocycles. The largest absolute Gasteiger partial charge is 0.435 e. The number of hydrogen-bond donors (Lipinski definition) is 3. The highest BCUT2D eigenvalue weighted by atomic mass is 32.1. The van der Waals surface area contributed by atoms with Crippen molar-refractivity contribution in [3.05, 3.63) is 70.4 Å². The molecule has 0 fully saturated rings. The molecule has 0 aliphatic carbocycles. The molecule has 0 saturated carbocycles. The van der Waals surface area contributed by atoms with Crippen LogP contribution in [0.25, 0.3) is 0 Å². The molecule has 5 nitrogen and oxygen atoms in total. The second kappa shape index (κ2) is 8.57. The Balaban J connectivity index is 1.89. The van der Waals surface area contributed by atoms with Crippen LogP contribution in [0.2, 0.25) is 0 Å². The number of thiocarbonyl (C=S) groups is 1. The second-order valence-corrected chi connectivity index (χ2v) is 7.18. The number of rotatable bonds is 5. The molecular weight excluding hydrogens is 396 g/mol. The lowest BCUT2D eigenvalue weighted by Gasteiger charge is -2.30. The number of hydrogen-bond acceptors (Lipinski definition) is 3. The smallest absolute Gasteiger partial charge is 0.387 e. The van der Waals surface area contributed by atoms with Crippen molar-refractivity contribution < 1.29 is 18.3 Å². The van der Waals surface area contributed by atoms with E-state index in [1.54, 1.807) is 19.1 Å². The van der Waals surface area contributed by atoms with E-state index in [-0.39, 0.29) is 11.7 Å². The van der Waals surface area contributed by atoms with Gasteiger partial charge in [-0.3, -0.25) is 4.79 Å². The summed E-state index contributed by atoms with van der Waals surface area (Å²) in [7, 11) is 0. The minimum Gasteiger partial charge on any atom is -0.435 e. The molecule has 1 amide bonds. The lowest BCUT2D eigenvalue weighted by molar-refractivity contribution is -0.113. The van der Waals surface area contributed by atoms with Crippen LogP contribution in [0.15, 0.2) is 53.7 Å². The maximum absolute atomic E-state index is 13.1. The SMILES string of the molecule is CC1=C(C(=O)Nc2ccc(C)c(C)c2)[C@@H](c2ccc(OC(F)F)cc2)NC(=S)N1. The van der Waals surface area contributed by atoms with Crippen LogP contribution in [0.4, 0.5) is 14.5 Å². The number of allylic oxidation sites excluding steroid dienone is 1. The summed E-state index contributed by atoms with van der Waals surface area (Å²) in [4.78, 5) is 13.1. The van der Waals surface area contributed by atoms with Crippen molar-refractivity contribution in [3.63, 3.8) is 0 Å². The van der Waals surface area contributed by atoms with Gasteiger partial charge in [-0.1, -0.05) is 18.2 Å². The molecule has 2 aromatic carbocycles. The maximum Gasteiger partial charge on any atom is 0.387 e. The standard InChI is InChI=1S/C21H21F2N3O2S/c1-11-4-7-15(10-12(11)2)25-19(27)17-13(3)24-21(29)26-18(17)14-5-8-16(9-6-14)28-20(22)23/h4-10,18,20H,1-3H3,(H,25,27)(H2,24,26,29)/t18-/m1/s1. The number of carbonyl (C=O) groups is 1. The van der Waals surface area contributed by atoms with Gasteiger partial charge in [0.1, 0.15) is 5.75 Å². The van der Waals surface area contributed by atoms with E-state index in [2.05, 4.69) is 20.7 Å². The Bertz CT molecular complexity index is 974. The van der Waals surface area contributed by atoms with E-state index in [4.69, 9.17) is 12.2 Å². The van der Waals surface area contributed by atoms with Gasteiger partial charge in [0.15, 0.2) is 5.11 Å². The van der Waals surface area contributed by atoms with Gasteiger partial charge in [-0.05, 0) is 73.9 Å². The van der Waals surface area contributed by atoms with Crippen molar-refractivity contribution in [2.24, 2.45) is 0 Å². The van der Waals surface area contributed by atoms with Gasteiger partial charge in [0, 0.05) is 11.4 Å². The minimum absolute atomic E-state index is 0.0436. The van der Waals surface area contributed by atoms with E-state index < -0.39 is 12.7 Å². The number of nitrogens with one attached hydrogen (secondary N) is 3. The summed E-state index contributed by atoms with van der Waals surface area (Å²) < 4.78 is 29.2. The summed E-state index contributed by atoms with van der Waals surface area (Å²) in [5.41, 5.74) is 4.66. The van der Waals surface area contributed by atoms with Crippen molar-refractivity contribution in [1.29, 1.82) is 0 Å². The molecule has 3 N–H and O–H groups in total. The van der Waals surface area contributed by atoms with Crippen LogP contribution in [0.3, 0.4) is 0 Å². The molecule has 0 aromatic heterocycles. The Morgan fingerprint density at radius 1 is 1.10 bits per heavy atom. The molecule has 29 heavy (non-hydrogen) atoms. The number of ether oxygens (including phenoxy) is 1. The molecule has 2 aromatic rings. The van der Waals surface area contributed by atoms with Gasteiger partial charge in [-0.15, -0.1) is 0 Å². The molecule has 0 saturated heterocycles. The number of halogens is 2. The first-order valence-electron chi connectivity index (χ1n) is 8.96. The molecule has 0 unspecified atom stereocenters. The summed E-state index contributed by atoms with van der Waals surface area (Å²) in [6.07, 6.45) is 0. The highest BCUT2D eigenvalue weighted by Crippen LogP contribution is 2.29. The van der Waals surface area contributed by atoms with E-state index in [9.17, 15) is 13.6 Å². The van der Waals surface area contributed by atoms with Crippen LogP contribution in [-0.2, 0) is 4.79 Å². The maximum atomic E-state index is 13.1. The van der Waals surface area contributed by atoms with Gasteiger partial charge in [0.25, 0.3) is 5.91 Å². The van der Waals surface area contributed by atoms with Gasteiger partial charge >= 0.3 is 6.61 Å². The molecule has 3 rings (SSSR count). The minimum atomic E-state index is -2.90. The molecule has 8 heteroatoms. The van der Waals surface area contributed by atoms with Crippen LogP contribution in [-0.4, -0.2) is 17.6 Å². The first-order chi connectivity index (χ1) is 13.7. The molecule has 0 spiro atoms. The molecule has 0 radical (unpaired) electrons. The Hall–Kier alpha value is -3.00. The Labute approximate surface area is 173 Å². The molecular formula is C21H21F2N3O2S. The van der Waals surface area contributed by atoms with E-state index in [1.807, 2.05) is 32.0 Å². The van der Waals surface area contributed by atoms with E-state index in [0.717, 1.165) is 11.1 Å². The van der Waals surface area contributed by atoms with Crippen LogP contribution in [0.5, 0.6) is 5.75 Å². The summed E-state index contributed by atoms with van der Waals surface area (Å²) in [5, 5.41) is 9.34. The van der Waals surface area contributed by atoms with Crippen molar-refractivity contribution in [2.75, 3.05) is 5.32 Å². The van der Waals surface area contributed by atoms with Crippen LogP contribution in [0, 0.1) is 13.8 Å². The monoisotopic (exact) mass is 417 g/mol. The summed E-state index contributed by atoms with van der Waals surface area (Å²) in [6.45, 7) is 2.85. The third kappa shape index (κ3) is 4.89. The fourth-order valence-electron chi connectivity index (χ4n) is 3.10. The Kier molecular flexibility index (Phi) is 6.12. The average Bonchev–Trinajstić information content (AvgIpc) is 2.64. The number of carbonyl (C=O) groups excluding carboxylic acids is 1. The fourth-order valence-corrected chi connectivity index (χ4v) is 3.38. The van der Waals surface area contributed by atoms with E-state index in [1.165, 1.54) is 12.1 Å². The van der Waals surface area contributed by atoms with Crippen LogP contribution >= 0.6 is 12.2 Å². The zero-order valence-electron chi connectivity index (χ0n) is 16.2. The average molecular weight is 417 g/mol. The fraction of sp³-hybridized carbons (Fsp3) is 0.238. The lowest BCUT2D eigenvalue weighted by Crippen LogP contribution is -2.45.